The molecule has 11 heavy (non-hydrogen) atoms. The Morgan fingerprint density at radius 3 is 2.64 bits per heavy atom. The summed E-state index contributed by atoms with van der Waals surface area (Å²) in [7, 11) is 1.50. The summed E-state index contributed by atoms with van der Waals surface area (Å²) in [4.78, 5) is 20.9. The molecule has 5 nitrogen and oxygen atoms in total. The summed E-state index contributed by atoms with van der Waals surface area (Å²) >= 11 is 0. The first-order valence-electron chi connectivity index (χ1n) is 3.20. The van der Waals surface area contributed by atoms with E-state index in [2.05, 4.69) is 10.1 Å². The lowest BCUT2D eigenvalue weighted by Crippen LogP contribution is -2.33. The number of amides is 2. The molecule has 64 valence electrons. The second kappa shape index (κ2) is 5.67. The fourth-order valence-electron chi connectivity index (χ4n) is 0.469. The molecule has 5 heteroatoms. The Hall–Kier alpha value is -1.10. The molecular formula is C6H12N2O3. The van der Waals surface area contributed by atoms with Crippen molar-refractivity contribution >= 4 is 11.8 Å². The minimum Gasteiger partial charge on any atom is -0.384 e. The molecule has 0 radical (unpaired) electrons. The Kier molecular flexibility index (Phi) is 5.10. The van der Waals surface area contributed by atoms with Crippen molar-refractivity contribution in [2.75, 3.05) is 20.3 Å². The zero-order valence-electron chi connectivity index (χ0n) is 6.42. The van der Waals surface area contributed by atoms with E-state index in [9.17, 15) is 9.59 Å². The van der Waals surface area contributed by atoms with Crippen LogP contribution in [0.25, 0.3) is 0 Å². The van der Waals surface area contributed by atoms with Gasteiger partial charge in [-0.2, -0.15) is 0 Å². The highest BCUT2D eigenvalue weighted by Gasteiger charge is 2.00. The van der Waals surface area contributed by atoms with E-state index in [1.165, 1.54) is 7.11 Å². The van der Waals surface area contributed by atoms with Gasteiger partial charge in [-0.1, -0.05) is 0 Å². The van der Waals surface area contributed by atoms with E-state index in [-0.39, 0.29) is 18.9 Å². The Balaban J connectivity index is 3.30. The fourth-order valence-corrected chi connectivity index (χ4v) is 0.469. The van der Waals surface area contributed by atoms with E-state index in [0.717, 1.165) is 0 Å². The molecule has 0 unspecified atom stereocenters. The Labute approximate surface area is 64.9 Å². The number of hydrogen-bond donors (Lipinski definition) is 2. The zero-order chi connectivity index (χ0) is 8.69. The van der Waals surface area contributed by atoms with Gasteiger partial charge >= 0.3 is 0 Å². The SMILES string of the molecule is COCCC(=O)NCC(N)=O. The van der Waals surface area contributed by atoms with Crippen LogP contribution in [-0.2, 0) is 14.3 Å². The van der Waals surface area contributed by atoms with Gasteiger partial charge in [-0.25, -0.2) is 0 Å². The maximum absolute atomic E-state index is 10.7. The Morgan fingerprint density at radius 1 is 1.55 bits per heavy atom. The molecule has 3 N–H and O–H groups in total. The third-order valence-corrected chi connectivity index (χ3v) is 0.993. The number of carbonyl (C=O) groups excluding carboxylic acids is 2. The van der Waals surface area contributed by atoms with Crippen LogP contribution >= 0.6 is 0 Å². The molecule has 0 aliphatic carbocycles. The van der Waals surface area contributed by atoms with Gasteiger partial charge in [-0.15, -0.1) is 0 Å². The standard InChI is InChI=1S/C6H12N2O3/c1-11-3-2-6(10)8-4-5(7)9/h2-4H2,1H3,(H2,7,9)(H,8,10). The van der Waals surface area contributed by atoms with Crippen LogP contribution in [0.5, 0.6) is 0 Å². The van der Waals surface area contributed by atoms with Crippen LogP contribution in [0, 0.1) is 0 Å². The predicted molar refractivity (Wildman–Crippen MR) is 38.7 cm³/mol. The van der Waals surface area contributed by atoms with Crippen LogP contribution in [-0.4, -0.2) is 32.1 Å². The maximum atomic E-state index is 10.7. The molecule has 0 aromatic carbocycles. The van der Waals surface area contributed by atoms with E-state index >= 15 is 0 Å². The quantitative estimate of drug-likeness (QED) is 0.520. The van der Waals surface area contributed by atoms with Crippen LogP contribution in [0.4, 0.5) is 0 Å². The van der Waals surface area contributed by atoms with Gasteiger partial charge in [-0.05, 0) is 0 Å². The molecule has 0 aliphatic heterocycles. The summed E-state index contributed by atoms with van der Waals surface area (Å²) in [6.07, 6.45) is 0.254. The third kappa shape index (κ3) is 6.79. The lowest BCUT2D eigenvalue weighted by molar-refractivity contribution is -0.125. The first-order valence-corrected chi connectivity index (χ1v) is 3.20. The zero-order valence-corrected chi connectivity index (χ0v) is 6.42. The summed E-state index contributed by atoms with van der Waals surface area (Å²) in [5.41, 5.74) is 4.78. The number of methoxy groups -OCH3 is 1. The number of primary amides is 1. The topological polar surface area (TPSA) is 81.4 Å². The minimum absolute atomic E-state index is 0.109. The van der Waals surface area contributed by atoms with Crippen LogP contribution in [0.3, 0.4) is 0 Å². The van der Waals surface area contributed by atoms with Gasteiger partial charge in [-0.3, -0.25) is 9.59 Å². The van der Waals surface area contributed by atoms with Crippen molar-refractivity contribution < 1.29 is 14.3 Å². The summed E-state index contributed by atoms with van der Waals surface area (Å²) in [5, 5.41) is 2.32. The van der Waals surface area contributed by atoms with Crippen LogP contribution < -0.4 is 11.1 Å². The molecule has 0 bridgehead atoms. The smallest absolute Gasteiger partial charge is 0.236 e. The minimum atomic E-state index is -0.546. The van der Waals surface area contributed by atoms with Gasteiger partial charge < -0.3 is 15.8 Å². The van der Waals surface area contributed by atoms with Crippen molar-refractivity contribution in [3.05, 3.63) is 0 Å². The van der Waals surface area contributed by atoms with E-state index in [1.54, 1.807) is 0 Å². The molecule has 0 fully saturated rings. The van der Waals surface area contributed by atoms with Gasteiger partial charge in [0.15, 0.2) is 0 Å². The monoisotopic (exact) mass is 160 g/mol. The second-order valence-corrected chi connectivity index (χ2v) is 1.99. The normalized spacial score (nSPS) is 9.18. The summed E-state index contributed by atoms with van der Waals surface area (Å²) in [5.74, 6) is -0.776. The third-order valence-electron chi connectivity index (χ3n) is 0.993. The first kappa shape index (κ1) is 9.90. The van der Waals surface area contributed by atoms with E-state index in [4.69, 9.17) is 5.73 Å². The van der Waals surface area contributed by atoms with E-state index in [0.29, 0.717) is 6.61 Å². The van der Waals surface area contributed by atoms with Gasteiger partial charge in [0.1, 0.15) is 0 Å². The fraction of sp³-hybridized carbons (Fsp3) is 0.667. The molecule has 0 aliphatic rings. The summed E-state index contributed by atoms with van der Waals surface area (Å²) < 4.78 is 4.64. The number of ether oxygens (including phenoxy) is 1. The van der Waals surface area contributed by atoms with Crippen molar-refractivity contribution in [2.24, 2.45) is 5.73 Å². The van der Waals surface area contributed by atoms with Gasteiger partial charge in [0.05, 0.1) is 13.2 Å². The lowest BCUT2D eigenvalue weighted by Gasteiger charge is -2.00. The first-order chi connectivity index (χ1) is 5.16. The van der Waals surface area contributed by atoms with Crippen LogP contribution in [0.15, 0.2) is 0 Å². The number of hydrogen-bond acceptors (Lipinski definition) is 3. The van der Waals surface area contributed by atoms with Gasteiger partial charge in [0, 0.05) is 13.5 Å². The molecule has 0 spiro atoms. The molecule has 0 aromatic rings. The highest BCUT2D eigenvalue weighted by Crippen LogP contribution is 1.78. The van der Waals surface area contributed by atoms with Crippen molar-refractivity contribution in [3.8, 4) is 0 Å². The highest BCUT2D eigenvalue weighted by molar-refractivity contribution is 5.83. The molecule has 0 rings (SSSR count). The average molecular weight is 160 g/mol. The van der Waals surface area contributed by atoms with Crippen molar-refractivity contribution in [3.63, 3.8) is 0 Å². The molecular weight excluding hydrogens is 148 g/mol. The Bertz CT molecular complexity index is 147. The molecule has 0 heterocycles. The number of nitrogens with two attached hydrogens (primary N) is 1. The van der Waals surface area contributed by atoms with Gasteiger partial charge in [0.25, 0.3) is 0 Å². The van der Waals surface area contributed by atoms with Gasteiger partial charge in [0.2, 0.25) is 11.8 Å². The van der Waals surface area contributed by atoms with Crippen LogP contribution in [0.2, 0.25) is 0 Å². The molecule has 0 saturated heterocycles. The van der Waals surface area contributed by atoms with Crippen molar-refractivity contribution in [2.45, 2.75) is 6.42 Å². The molecule has 0 atom stereocenters. The average Bonchev–Trinajstić information content (AvgIpc) is 1.97. The highest BCUT2D eigenvalue weighted by atomic mass is 16.5. The summed E-state index contributed by atoms with van der Waals surface area (Å²) in [6, 6.07) is 0. The maximum Gasteiger partial charge on any atom is 0.236 e. The predicted octanol–water partition coefficient (Wildman–Crippen LogP) is -1.38. The van der Waals surface area contributed by atoms with Crippen molar-refractivity contribution in [1.82, 2.24) is 5.32 Å². The second-order valence-electron chi connectivity index (χ2n) is 1.99. The summed E-state index contributed by atoms with van der Waals surface area (Å²) in [6.45, 7) is 0.243. The molecule has 0 aromatic heterocycles. The number of rotatable bonds is 5. The molecule has 0 saturated carbocycles. The van der Waals surface area contributed by atoms with Crippen LogP contribution in [0.1, 0.15) is 6.42 Å². The molecule has 2 amide bonds. The van der Waals surface area contributed by atoms with E-state index in [1.807, 2.05) is 0 Å². The van der Waals surface area contributed by atoms with Crippen molar-refractivity contribution in [1.29, 1.82) is 0 Å². The number of nitrogens with one attached hydrogen (secondary N) is 1. The largest absolute Gasteiger partial charge is 0.384 e. The lowest BCUT2D eigenvalue weighted by atomic mass is 10.4. The van der Waals surface area contributed by atoms with E-state index < -0.39 is 5.91 Å². The number of carbonyl (C=O) groups is 2. The Morgan fingerprint density at radius 2 is 2.18 bits per heavy atom.